The van der Waals surface area contributed by atoms with E-state index >= 15 is 0 Å². The molecule has 1 aromatic carbocycles. The molecule has 0 unspecified atom stereocenters. The van der Waals surface area contributed by atoms with Crippen molar-refractivity contribution in [1.29, 1.82) is 0 Å². The highest BCUT2D eigenvalue weighted by atomic mass is 35.5. The third kappa shape index (κ3) is 3.92. The van der Waals surface area contributed by atoms with Crippen molar-refractivity contribution in [2.75, 3.05) is 18.5 Å². The molecule has 0 saturated heterocycles. The van der Waals surface area contributed by atoms with Gasteiger partial charge in [0.05, 0.1) is 0 Å². The van der Waals surface area contributed by atoms with Gasteiger partial charge in [0.15, 0.2) is 0 Å². The fourth-order valence-corrected chi connectivity index (χ4v) is 2.05. The molecule has 2 aromatic rings. The zero-order valence-electron chi connectivity index (χ0n) is 11.8. The van der Waals surface area contributed by atoms with Gasteiger partial charge in [-0.3, -0.25) is 0 Å². The van der Waals surface area contributed by atoms with Crippen LogP contribution in [-0.2, 0) is 13.1 Å². The van der Waals surface area contributed by atoms with Crippen LogP contribution in [0.2, 0.25) is 5.02 Å². The second kappa shape index (κ2) is 7.22. The molecule has 0 aliphatic rings. The van der Waals surface area contributed by atoms with Crippen molar-refractivity contribution in [2.45, 2.75) is 20.0 Å². The summed E-state index contributed by atoms with van der Waals surface area (Å²) in [6, 6.07) is 7.82. The lowest BCUT2D eigenvalue weighted by Gasteiger charge is -2.17. The van der Waals surface area contributed by atoms with E-state index in [1.165, 1.54) is 0 Å². The van der Waals surface area contributed by atoms with Gasteiger partial charge < -0.3 is 10.2 Å². The van der Waals surface area contributed by atoms with Crippen LogP contribution in [-0.4, -0.2) is 23.6 Å². The third-order valence-electron chi connectivity index (χ3n) is 2.98. The molecule has 0 radical (unpaired) electrons. The van der Waals surface area contributed by atoms with Crippen LogP contribution in [0.25, 0.3) is 0 Å². The van der Waals surface area contributed by atoms with E-state index in [9.17, 15) is 0 Å². The first-order valence-corrected chi connectivity index (χ1v) is 7.04. The highest BCUT2D eigenvalue weighted by Crippen LogP contribution is 2.18. The Kier molecular flexibility index (Phi) is 5.32. The van der Waals surface area contributed by atoms with Gasteiger partial charge in [0.1, 0.15) is 0 Å². The number of rotatable bonds is 6. The summed E-state index contributed by atoms with van der Waals surface area (Å²) in [5, 5.41) is 4.02. The topological polar surface area (TPSA) is 41.1 Å². The van der Waals surface area contributed by atoms with Crippen molar-refractivity contribution in [1.82, 2.24) is 15.3 Å². The molecule has 5 heteroatoms. The van der Waals surface area contributed by atoms with Crippen molar-refractivity contribution in [3.63, 3.8) is 0 Å². The van der Waals surface area contributed by atoms with Gasteiger partial charge in [0.25, 0.3) is 0 Å². The molecule has 0 atom stereocenters. The predicted molar refractivity (Wildman–Crippen MR) is 83.0 cm³/mol. The number of nitrogens with zero attached hydrogens (tertiary/aromatic N) is 3. The maximum absolute atomic E-state index is 6.16. The second-order valence-corrected chi connectivity index (χ2v) is 5.03. The highest BCUT2D eigenvalue weighted by Gasteiger charge is 2.07. The van der Waals surface area contributed by atoms with Crippen molar-refractivity contribution < 1.29 is 0 Å². The molecular formula is C15H19ClN4. The normalized spacial score (nSPS) is 10.6. The average Bonchev–Trinajstić information content (AvgIpc) is 2.48. The van der Waals surface area contributed by atoms with E-state index in [1.807, 2.05) is 48.6 Å². The Labute approximate surface area is 124 Å². The Morgan fingerprint density at radius 2 is 1.90 bits per heavy atom. The van der Waals surface area contributed by atoms with Crippen LogP contribution in [0.3, 0.4) is 0 Å². The Morgan fingerprint density at radius 3 is 2.55 bits per heavy atom. The SMILES string of the molecule is CCNCc1cnc(N(C)Cc2ccccc2Cl)nc1. The Hall–Kier alpha value is -1.65. The van der Waals surface area contributed by atoms with E-state index in [0.717, 1.165) is 29.2 Å². The van der Waals surface area contributed by atoms with Crippen molar-refractivity contribution in [3.05, 3.63) is 52.8 Å². The lowest BCUT2D eigenvalue weighted by Crippen LogP contribution is -2.20. The van der Waals surface area contributed by atoms with Crippen molar-refractivity contribution >= 4 is 17.5 Å². The van der Waals surface area contributed by atoms with Crippen LogP contribution in [0.4, 0.5) is 5.95 Å². The van der Waals surface area contributed by atoms with Gasteiger partial charge in [0.2, 0.25) is 5.95 Å². The van der Waals surface area contributed by atoms with Crippen LogP contribution < -0.4 is 10.2 Å². The largest absolute Gasteiger partial charge is 0.340 e. The predicted octanol–water partition coefficient (Wildman–Crippen LogP) is 2.88. The van der Waals surface area contributed by atoms with E-state index in [1.54, 1.807) is 0 Å². The van der Waals surface area contributed by atoms with E-state index in [4.69, 9.17) is 11.6 Å². The van der Waals surface area contributed by atoms with Gasteiger partial charge in [-0.05, 0) is 18.2 Å². The Balaban J connectivity index is 2.02. The first kappa shape index (κ1) is 14.8. The van der Waals surface area contributed by atoms with E-state index in [2.05, 4.69) is 22.2 Å². The average molecular weight is 291 g/mol. The second-order valence-electron chi connectivity index (χ2n) is 4.62. The molecule has 106 valence electrons. The van der Waals surface area contributed by atoms with Crippen LogP contribution in [0.5, 0.6) is 0 Å². The van der Waals surface area contributed by atoms with E-state index < -0.39 is 0 Å². The molecular weight excluding hydrogens is 272 g/mol. The standard InChI is InChI=1S/C15H19ClN4/c1-3-17-8-12-9-18-15(19-10-12)20(2)11-13-6-4-5-7-14(13)16/h4-7,9-10,17H,3,8,11H2,1-2H3. The molecule has 1 N–H and O–H groups in total. The van der Waals surface area contributed by atoms with Crippen LogP contribution in [0.1, 0.15) is 18.1 Å². The third-order valence-corrected chi connectivity index (χ3v) is 3.35. The molecule has 0 fully saturated rings. The number of anilines is 1. The Morgan fingerprint density at radius 1 is 1.20 bits per heavy atom. The van der Waals surface area contributed by atoms with Crippen molar-refractivity contribution in [3.8, 4) is 0 Å². The molecule has 0 aliphatic carbocycles. The monoisotopic (exact) mass is 290 g/mol. The smallest absolute Gasteiger partial charge is 0.225 e. The number of benzene rings is 1. The number of hydrogen-bond donors (Lipinski definition) is 1. The molecule has 0 amide bonds. The lowest BCUT2D eigenvalue weighted by atomic mass is 10.2. The van der Waals surface area contributed by atoms with E-state index in [-0.39, 0.29) is 0 Å². The zero-order valence-corrected chi connectivity index (χ0v) is 12.6. The quantitative estimate of drug-likeness (QED) is 0.888. The van der Waals surface area contributed by atoms with Gasteiger partial charge >= 0.3 is 0 Å². The number of nitrogens with one attached hydrogen (secondary N) is 1. The fourth-order valence-electron chi connectivity index (χ4n) is 1.86. The van der Waals surface area contributed by atoms with Gasteiger partial charge in [-0.2, -0.15) is 0 Å². The molecule has 1 aromatic heterocycles. The summed E-state index contributed by atoms with van der Waals surface area (Å²) in [5.41, 5.74) is 2.15. The van der Waals surface area contributed by atoms with Gasteiger partial charge in [0, 0.05) is 43.1 Å². The highest BCUT2D eigenvalue weighted by molar-refractivity contribution is 6.31. The Bertz CT molecular complexity index is 542. The maximum atomic E-state index is 6.16. The molecule has 0 bridgehead atoms. The molecule has 0 saturated carbocycles. The van der Waals surface area contributed by atoms with Gasteiger partial charge in [-0.25, -0.2) is 9.97 Å². The summed E-state index contributed by atoms with van der Waals surface area (Å²) in [4.78, 5) is 10.8. The fraction of sp³-hybridized carbons (Fsp3) is 0.333. The molecule has 4 nitrogen and oxygen atoms in total. The summed E-state index contributed by atoms with van der Waals surface area (Å²) in [6.07, 6.45) is 3.71. The van der Waals surface area contributed by atoms with Gasteiger partial charge in [-0.15, -0.1) is 0 Å². The maximum Gasteiger partial charge on any atom is 0.225 e. The first-order chi connectivity index (χ1) is 9.70. The summed E-state index contributed by atoms with van der Waals surface area (Å²) in [5.74, 6) is 0.699. The summed E-state index contributed by atoms with van der Waals surface area (Å²) in [7, 11) is 1.96. The zero-order chi connectivity index (χ0) is 14.4. The number of halogens is 1. The van der Waals surface area contributed by atoms with Crippen LogP contribution >= 0.6 is 11.6 Å². The summed E-state index contributed by atoms with van der Waals surface area (Å²) in [6.45, 7) is 4.50. The molecule has 0 aliphatic heterocycles. The van der Waals surface area contributed by atoms with Crippen LogP contribution in [0.15, 0.2) is 36.7 Å². The minimum absolute atomic E-state index is 0.687. The molecule has 1 heterocycles. The molecule has 20 heavy (non-hydrogen) atoms. The van der Waals surface area contributed by atoms with E-state index in [0.29, 0.717) is 12.5 Å². The first-order valence-electron chi connectivity index (χ1n) is 6.67. The molecule has 0 spiro atoms. The lowest BCUT2D eigenvalue weighted by molar-refractivity contribution is 0.719. The van der Waals surface area contributed by atoms with Crippen molar-refractivity contribution in [2.24, 2.45) is 0 Å². The van der Waals surface area contributed by atoms with Gasteiger partial charge in [-0.1, -0.05) is 36.7 Å². The molecule has 2 rings (SSSR count). The van der Waals surface area contributed by atoms with Crippen LogP contribution in [0, 0.1) is 0 Å². The number of hydrogen-bond acceptors (Lipinski definition) is 4. The summed E-state index contributed by atoms with van der Waals surface area (Å²) >= 11 is 6.16. The minimum atomic E-state index is 0.687. The number of aromatic nitrogens is 2. The summed E-state index contributed by atoms with van der Waals surface area (Å²) < 4.78 is 0. The minimum Gasteiger partial charge on any atom is -0.340 e.